The smallest absolute Gasteiger partial charge is 0.222 e. The topological polar surface area (TPSA) is 98.1 Å². The summed E-state index contributed by atoms with van der Waals surface area (Å²) in [5, 5.41) is 1.58. The van der Waals surface area contributed by atoms with Crippen molar-refractivity contribution in [3.05, 3.63) is 51.5 Å². The summed E-state index contributed by atoms with van der Waals surface area (Å²) in [4.78, 5) is 21.4. The number of nitrogen functional groups attached to an aromatic ring is 2. The number of amides is 1. The van der Waals surface area contributed by atoms with Gasteiger partial charge >= 0.3 is 0 Å². The molecule has 128 valence electrons. The van der Waals surface area contributed by atoms with Crippen molar-refractivity contribution in [1.82, 2.24) is 9.97 Å². The minimum absolute atomic E-state index is 0.111. The van der Waals surface area contributed by atoms with Crippen molar-refractivity contribution < 1.29 is 4.79 Å². The first-order valence-corrected chi connectivity index (χ1v) is 8.14. The van der Waals surface area contributed by atoms with Gasteiger partial charge in [-0.05, 0) is 42.3 Å². The third kappa shape index (κ3) is 3.31. The number of rotatable bonds is 4. The number of nitrogens with zero attached hydrogens (tertiary/aromatic N) is 3. The normalized spacial score (nSPS) is 10.8. The molecule has 0 aliphatic carbocycles. The molecular formula is C17H15Cl2N5O. The highest BCUT2D eigenvalue weighted by Crippen LogP contribution is 2.31. The number of aryl methyl sites for hydroxylation is 1. The average Bonchev–Trinajstić information content (AvgIpc) is 2.56. The first-order valence-electron chi connectivity index (χ1n) is 7.39. The maximum Gasteiger partial charge on any atom is 0.222 e. The summed E-state index contributed by atoms with van der Waals surface area (Å²) in [6.07, 6.45) is 0.755. The molecule has 0 unspecified atom stereocenters. The van der Waals surface area contributed by atoms with Gasteiger partial charge in [-0.25, -0.2) is 4.98 Å². The van der Waals surface area contributed by atoms with Gasteiger partial charge in [0.2, 0.25) is 12.4 Å². The van der Waals surface area contributed by atoms with Crippen LogP contribution in [0.15, 0.2) is 30.3 Å². The van der Waals surface area contributed by atoms with Crippen LogP contribution in [0.5, 0.6) is 0 Å². The highest BCUT2D eigenvalue weighted by atomic mass is 35.5. The van der Waals surface area contributed by atoms with E-state index >= 15 is 0 Å². The fourth-order valence-corrected chi connectivity index (χ4v) is 3.08. The van der Waals surface area contributed by atoms with E-state index in [1.54, 1.807) is 29.2 Å². The number of benzene rings is 2. The fraction of sp³-hybridized carbons (Fsp3) is 0.118. The van der Waals surface area contributed by atoms with E-state index in [1.165, 1.54) is 0 Å². The van der Waals surface area contributed by atoms with Crippen LogP contribution < -0.4 is 16.4 Å². The molecule has 6 nitrogen and oxygen atoms in total. The molecule has 1 amide bonds. The quantitative estimate of drug-likeness (QED) is 0.679. The summed E-state index contributed by atoms with van der Waals surface area (Å²) in [6, 6.07) is 8.81. The number of nitrogens with two attached hydrogens (primary N) is 2. The molecule has 4 N–H and O–H groups in total. The average molecular weight is 376 g/mol. The van der Waals surface area contributed by atoms with E-state index in [9.17, 15) is 4.79 Å². The molecule has 0 saturated carbocycles. The molecule has 0 atom stereocenters. The van der Waals surface area contributed by atoms with Gasteiger partial charge in [0.25, 0.3) is 0 Å². The first kappa shape index (κ1) is 17.3. The lowest BCUT2D eigenvalue weighted by molar-refractivity contribution is -0.107. The lowest BCUT2D eigenvalue weighted by Crippen LogP contribution is -2.21. The molecule has 0 saturated heterocycles. The van der Waals surface area contributed by atoms with Gasteiger partial charge in [-0.2, -0.15) is 4.98 Å². The van der Waals surface area contributed by atoms with Gasteiger partial charge in [0, 0.05) is 11.1 Å². The van der Waals surface area contributed by atoms with Gasteiger partial charge in [0.15, 0.2) is 0 Å². The van der Waals surface area contributed by atoms with Gasteiger partial charge in [0.05, 0.1) is 22.1 Å². The maximum absolute atomic E-state index is 11.7. The van der Waals surface area contributed by atoms with Crippen molar-refractivity contribution in [1.29, 1.82) is 0 Å². The number of halogens is 2. The Bertz CT molecular complexity index is 977. The summed E-state index contributed by atoms with van der Waals surface area (Å²) < 4.78 is 0. The van der Waals surface area contributed by atoms with Gasteiger partial charge in [-0.15, -0.1) is 0 Å². The predicted molar refractivity (Wildman–Crippen MR) is 102 cm³/mol. The van der Waals surface area contributed by atoms with E-state index < -0.39 is 0 Å². The van der Waals surface area contributed by atoms with Crippen LogP contribution in [0.3, 0.4) is 0 Å². The number of fused-ring (bicyclic) bond motifs is 1. The Hall–Kier alpha value is -2.57. The Morgan fingerprint density at radius 3 is 2.56 bits per heavy atom. The summed E-state index contributed by atoms with van der Waals surface area (Å²) in [5.41, 5.74) is 14.6. The van der Waals surface area contributed by atoms with Crippen LogP contribution in [0.2, 0.25) is 10.0 Å². The van der Waals surface area contributed by atoms with Crippen molar-refractivity contribution >= 4 is 58.0 Å². The second kappa shape index (κ2) is 6.74. The standard InChI is InChI=1S/C17H15Cl2N5O/c1-9-14(5-4-13-15(9)16(20)23-17(21)22-13)24(8-25)7-10-2-3-11(18)12(19)6-10/h2-6,8H,7H2,1H3,(H4,20,21,22,23). The number of hydrogen-bond acceptors (Lipinski definition) is 5. The number of carbonyl (C=O) groups is 1. The zero-order valence-electron chi connectivity index (χ0n) is 13.3. The van der Waals surface area contributed by atoms with Crippen molar-refractivity contribution in [2.24, 2.45) is 0 Å². The van der Waals surface area contributed by atoms with Crippen molar-refractivity contribution in [3.8, 4) is 0 Å². The Labute approximate surface area is 154 Å². The molecule has 0 spiro atoms. The third-order valence-electron chi connectivity index (χ3n) is 3.91. The van der Waals surface area contributed by atoms with Gasteiger partial charge in [0.1, 0.15) is 5.82 Å². The third-order valence-corrected chi connectivity index (χ3v) is 4.65. The molecule has 0 radical (unpaired) electrons. The van der Waals surface area contributed by atoms with Gasteiger partial charge < -0.3 is 16.4 Å². The van der Waals surface area contributed by atoms with Crippen molar-refractivity contribution in [2.45, 2.75) is 13.5 Å². The minimum atomic E-state index is 0.111. The predicted octanol–water partition coefficient (Wildman–Crippen LogP) is 3.57. The molecule has 2 aromatic carbocycles. The van der Waals surface area contributed by atoms with E-state index in [4.69, 9.17) is 34.7 Å². The Balaban J connectivity index is 2.05. The van der Waals surface area contributed by atoms with Gasteiger partial charge in [-0.1, -0.05) is 29.3 Å². The Morgan fingerprint density at radius 2 is 1.88 bits per heavy atom. The van der Waals surface area contributed by atoms with Gasteiger partial charge in [-0.3, -0.25) is 4.79 Å². The number of anilines is 3. The van der Waals surface area contributed by atoms with Crippen LogP contribution >= 0.6 is 23.2 Å². The highest BCUT2D eigenvalue weighted by Gasteiger charge is 2.15. The molecule has 0 aliphatic rings. The largest absolute Gasteiger partial charge is 0.383 e. The van der Waals surface area contributed by atoms with Crippen LogP contribution in [-0.2, 0) is 11.3 Å². The molecule has 1 heterocycles. The zero-order chi connectivity index (χ0) is 18.1. The molecule has 0 fully saturated rings. The number of hydrogen-bond donors (Lipinski definition) is 2. The number of aromatic nitrogens is 2. The minimum Gasteiger partial charge on any atom is -0.383 e. The Morgan fingerprint density at radius 1 is 1.12 bits per heavy atom. The zero-order valence-corrected chi connectivity index (χ0v) is 14.8. The van der Waals surface area contributed by atoms with Crippen LogP contribution in [-0.4, -0.2) is 16.4 Å². The summed E-state index contributed by atoms with van der Waals surface area (Å²) in [6.45, 7) is 2.20. The molecule has 25 heavy (non-hydrogen) atoms. The molecule has 0 aliphatic heterocycles. The molecule has 8 heteroatoms. The monoisotopic (exact) mass is 375 g/mol. The van der Waals surface area contributed by atoms with Crippen molar-refractivity contribution in [2.75, 3.05) is 16.4 Å². The SMILES string of the molecule is Cc1c(N(C=O)Cc2ccc(Cl)c(Cl)c2)ccc2nc(N)nc(N)c12. The van der Waals surface area contributed by atoms with Crippen LogP contribution in [0.25, 0.3) is 10.9 Å². The lowest BCUT2D eigenvalue weighted by Gasteiger charge is -2.21. The van der Waals surface area contributed by atoms with Crippen LogP contribution in [0.4, 0.5) is 17.5 Å². The maximum atomic E-state index is 11.7. The first-order chi connectivity index (χ1) is 11.9. The van der Waals surface area contributed by atoms with Crippen LogP contribution in [0, 0.1) is 6.92 Å². The fourth-order valence-electron chi connectivity index (χ4n) is 2.76. The second-order valence-corrected chi connectivity index (χ2v) is 6.37. The van der Waals surface area contributed by atoms with E-state index in [1.807, 2.05) is 13.0 Å². The molecular weight excluding hydrogens is 361 g/mol. The van der Waals surface area contributed by atoms with E-state index in [0.29, 0.717) is 33.2 Å². The Kier molecular flexibility index (Phi) is 4.65. The summed E-state index contributed by atoms with van der Waals surface area (Å²) >= 11 is 12.0. The summed E-state index contributed by atoms with van der Waals surface area (Å²) in [5.74, 6) is 0.391. The second-order valence-electron chi connectivity index (χ2n) is 5.55. The number of carbonyl (C=O) groups excluding carboxylic acids is 1. The van der Waals surface area contributed by atoms with E-state index in [2.05, 4.69) is 9.97 Å². The highest BCUT2D eigenvalue weighted by molar-refractivity contribution is 6.42. The molecule has 3 rings (SSSR count). The molecule has 0 bridgehead atoms. The van der Waals surface area contributed by atoms with E-state index in [0.717, 1.165) is 17.5 Å². The lowest BCUT2D eigenvalue weighted by atomic mass is 10.1. The van der Waals surface area contributed by atoms with E-state index in [-0.39, 0.29) is 11.8 Å². The van der Waals surface area contributed by atoms with Crippen LogP contribution in [0.1, 0.15) is 11.1 Å². The summed E-state index contributed by atoms with van der Waals surface area (Å²) in [7, 11) is 0. The van der Waals surface area contributed by atoms with Crippen molar-refractivity contribution in [3.63, 3.8) is 0 Å². The molecule has 3 aromatic rings. The molecule has 1 aromatic heterocycles.